The summed E-state index contributed by atoms with van der Waals surface area (Å²) in [5.74, 6) is 1.00. The van der Waals surface area contributed by atoms with Crippen molar-refractivity contribution in [2.75, 3.05) is 38.0 Å². The van der Waals surface area contributed by atoms with E-state index < -0.39 is 0 Å². The van der Waals surface area contributed by atoms with Crippen LogP contribution in [0.2, 0.25) is 0 Å². The topological polar surface area (TPSA) is 31.4 Å². The maximum Gasteiger partial charge on any atom is 0.126 e. The molecule has 0 bridgehead atoms. The zero-order chi connectivity index (χ0) is 19.0. The van der Waals surface area contributed by atoms with Crippen molar-refractivity contribution in [1.82, 2.24) is 14.8 Å². The predicted octanol–water partition coefficient (Wildman–Crippen LogP) is 4.19. The van der Waals surface area contributed by atoms with E-state index in [0.29, 0.717) is 6.04 Å². The minimum absolute atomic E-state index is 0.544. The van der Waals surface area contributed by atoms with E-state index in [4.69, 9.17) is 0 Å². The van der Waals surface area contributed by atoms with Gasteiger partial charge in [0.2, 0.25) is 0 Å². The average molecular weight is 379 g/mol. The molecule has 1 aromatic heterocycles. The fourth-order valence-corrected chi connectivity index (χ4v) is 4.50. The van der Waals surface area contributed by atoms with E-state index in [2.05, 4.69) is 50.4 Å². The van der Waals surface area contributed by atoms with Crippen LogP contribution in [0.3, 0.4) is 0 Å². The van der Waals surface area contributed by atoms with Gasteiger partial charge in [-0.25, -0.2) is 4.98 Å². The standard InChI is InChI=1S/C24H34N4/c1-4-14-27(15-5-1)16-10-21-7-6-8-22(19-21)20-28-17-11-23(12-18-28)26-24-9-2-3-13-25-24/h2-3,6-9,13,19,23H,1,4-5,10-12,14-18,20H2,(H,25,26). The molecule has 150 valence electrons. The molecule has 4 nitrogen and oxygen atoms in total. The van der Waals surface area contributed by atoms with Crippen LogP contribution >= 0.6 is 0 Å². The number of nitrogens with zero attached hydrogens (tertiary/aromatic N) is 3. The lowest BCUT2D eigenvalue weighted by Gasteiger charge is -2.32. The average Bonchev–Trinajstić information content (AvgIpc) is 2.76. The molecule has 2 aliphatic rings. The SMILES string of the molecule is c1ccc(NC2CCN(Cc3cccc(CCN4CCCCC4)c3)CC2)nc1. The van der Waals surface area contributed by atoms with Crippen molar-refractivity contribution >= 4 is 5.82 Å². The highest BCUT2D eigenvalue weighted by atomic mass is 15.1. The lowest BCUT2D eigenvalue weighted by atomic mass is 10.0. The Labute approximate surface area is 170 Å². The fourth-order valence-electron chi connectivity index (χ4n) is 4.50. The number of hydrogen-bond donors (Lipinski definition) is 1. The third kappa shape index (κ3) is 5.79. The first kappa shape index (κ1) is 19.4. The Hall–Kier alpha value is -1.91. The fraction of sp³-hybridized carbons (Fsp3) is 0.542. The van der Waals surface area contributed by atoms with Crippen LogP contribution in [0.4, 0.5) is 5.82 Å². The van der Waals surface area contributed by atoms with Crippen molar-refractivity contribution in [2.24, 2.45) is 0 Å². The summed E-state index contributed by atoms with van der Waals surface area (Å²) < 4.78 is 0. The van der Waals surface area contributed by atoms with Gasteiger partial charge in [0, 0.05) is 38.4 Å². The zero-order valence-corrected chi connectivity index (χ0v) is 17.0. The number of pyridine rings is 1. The van der Waals surface area contributed by atoms with Crippen LogP contribution < -0.4 is 5.32 Å². The molecule has 0 atom stereocenters. The summed E-state index contributed by atoms with van der Waals surface area (Å²) in [6, 6.07) is 15.9. The Morgan fingerprint density at radius 1 is 0.857 bits per heavy atom. The maximum atomic E-state index is 4.39. The second kappa shape index (κ2) is 10.0. The van der Waals surface area contributed by atoms with Gasteiger partial charge in [-0.15, -0.1) is 0 Å². The molecule has 1 N–H and O–H groups in total. The van der Waals surface area contributed by atoms with Gasteiger partial charge in [0.1, 0.15) is 5.82 Å². The van der Waals surface area contributed by atoms with Crippen molar-refractivity contribution in [3.8, 4) is 0 Å². The number of aromatic nitrogens is 1. The molecule has 2 fully saturated rings. The van der Waals surface area contributed by atoms with E-state index in [-0.39, 0.29) is 0 Å². The molecule has 1 aromatic carbocycles. The molecule has 2 aliphatic heterocycles. The van der Waals surface area contributed by atoms with Gasteiger partial charge in [-0.3, -0.25) is 4.90 Å². The molecule has 0 unspecified atom stereocenters. The highest BCUT2D eigenvalue weighted by Crippen LogP contribution is 2.18. The van der Waals surface area contributed by atoms with Gasteiger partial charge in [-0.05, 0) is 68.5 Å². The van der Waals surface area contributed by atoms with Crippen LogP contribution in [0.1, 0.15) is 43.2 Å². The number of anilines is 1. The molecule has 2 saturated heterocycles. The third-order valence-electron chi connectivity index (χ3n) is 6.17. The zero-order valence-electron chi connectivity index (χ0n) is 17.0. The van der Waals surface area contributed by atoms with Crippen molar-refractivity contribution < 1.29 is 0 Å². The summed E-state index contributed by atoms with van der Waals surface area (Å²) in [7, 11) is 0. The molecule has 0 saturated carbocycles. The third-order valence-corrected chi connectivity index (χ3v) is 6.17. The van der Waals surface area contributed by atoms with Gasteiger partial charge in [0.05, 0.1) is 0 Å². The monoisotopic (exact) mass is 378 g/mol. The molecule has 2 aromatic rings. The van der Waals surface area contributed by atoms with Crippen LogP contribution in [0.25, 0.3) is 0 Å². The van der Waals surface area contributed by atoms with Gasteiger partial charge < -0.3 is 10.2 Å². The molecule has 3 heterocycles. The summed E-state index contributed by atoms with van der Waals surface area (Å²) in [5, 5.41) is 3.58. The largest absolute Gasteiger partial charge is 0.367 e. The Balaban J connectivity index is 1.22. The molecule has 0 amide bonds. The second-order valence-corrected chi connectivity index (χ2v) is 8.38. The van der Waals surface area contributed by atoms with Crippen molar-refractivity contribution in [3.05, 3.63) is 59.8 Å². The Morgan fingerprint density at radius 2 is 1.68 bits per heavy atom. The molecule has 4 heteroatoms. The number of piperidine rings is 2. The highest BCUT2D eigenvalue weighted by Gasteiger charge is 2.19. The highest BCUT2D eigenvalue weighted by molar-refractivity contribution is 5.34. The first-order valence-corrected chi connectivity index (χ1v) is 11.1. The first-order chi connectivity index (χ1) is 13.8. The van der Waals surface area contributed by atoms with Crippen molar-refractivity contribution in [1.29, 1.82) is 0 Å². The lowest BCUT2D eigenvalue weighted by molar-refractivity contribution is 0.211. The van der Waals surface area contributed by atoms with E-state index in [1.54, 1.807) is 0 Å². The molecule has 0 radical (unpaired) electrons. The molecule has 0 spiro atoms. The first-order valence-electron chi connectivity index (χ1n) is 11.1. The summed E-state index contributed by atoms with van der Waals surface area (Å²) >= 11 is 0. The number of rotatable bonds is 7. The number of benzene rings is 1. The second-order valence-electron chi connectivity index (χ2n) is 8.38. The number of hydrogen-bond acceptors (Lipinski definition) is 4. The maximum absolute atomic E-state index is 4.39. The van der Waals surface area contributed by atoms with Crippen LogP contribution in [-0.2, 0) is 13.0 Å². The summed E-state index contributed by atoms with van der Waals surface area (Å²) in [6.45, 7) is 7.19. The van der Waals surface area contributed by atoms with E-state index >= 15 is 0 Å². The van der Waals surface area contributed by atoms with Crippen LogP contribution in [0.15, 0.2) is 48.7 Å². The van der Waals surface area contributed by atoms with Gasteiger partial charge >= 0.3 is 0 Å². The van der Waals surface area contributed by atoms with Crippen LogP contribution in [0, 0.1) is 0 Å². The van der Waals surface area contributed by atoms with E-state index in [1.165, 1.54) is 69.3 Å². The van der Waals surface area contributed by atoms with Crippen molar-refractivity contribution in [3.63, 3.8) is 0 Å². The minimum atomic E-state index is 0.544. The van der Waals surface area contributed by atoms with Crippen LogP contribution in [-0.4, -0.2) is 53.5 Å². The Bertz CT molecular complexity index is 704. The molecule has 4 rings (SSSR count). The smallest absolute Gasteiger partial charge is 0.126 e. The quantitative estimate of drug-likeness (QED) is 0.783. The normalized spacial score (nSPS) is 19.6. The predicted molar refractivity (Wildman–Crippen MR) is 117 cm³/mol. The number of likely N-dealkylation sites (tertiary alicyclic amines) is 2. The van der Waals surface area contributed by atoms with E-state index in [9.17, 15) is 0 Å². The molecular weight excluding hydrogens is 344 g/mol. The Kier molecular flexibility index (Phi) is 6.96. The Morgan fingerprint density at radius 3 is 2.46 bits per heavy atom. The van der Waals surface area contributed by atoms with Crippen molar-refractivity contribution in [2.45, 2.75) is 51.1 Å². The van der Waals surface area contributed by atoms with Crippen LogP contribution in [0.5, 0.6) is 0 Å². The number of nitrogens with one attached hydrogen (secondary N) is 1. The van der Waals surface area contributed by atoms with E-state index in [1.807, 2.05) is 18.3 Å². The molecule has 0 aliphatic carbocycles. The summed E-state index contributed by atoms with van der Waals surface area (Å²) in [5.41, 5.74) is 2.96. The van der Waals surface area contributed by atoms with Gasteiger partial charge in [0.15, 0.2) is 0 Å². The van der Waals surface area contributed by atoms with Gasteiger partial charge in [-0.2, -0.15) is 0 Å². The lowest BCUT2D eigenvalue weighted by Crippen LogP contribution is -2.38. The molecular formula is C24H34N4. The molecule has 28 heavy (non-hydrogen) atoms. The van der Waals surface area contributed by atoms with Gasteiger partial charge in [0.25, 0.3) is 0 Å². The van der Waals surface area contributed by atoms with Gasteiger partial charge in [-0.1, -0.05) is 36.8 Å². The summed E-state index contributed by atoms with van der Waals surface area (Å²) in [4.78, 5) is 9.62. The summed E-state index contributed by atoms with van der Waals surface area (Å²) in [6.07, 6.45) is 9.59. The minimum Gasteiger partial charge on any atom is -0.367 e. The van der Waals surface area contributed by atoms with E-state index in [0.717, 1.165) is 25.5 Å².